The molecule has 0 aromatic carbocycles. The summed E-state index contributed by atoms with van der Waals surface area (Å²) >= 11 is 0. The highest BCUT2D eigenvalue weighted by atomic mass is 32.2. The van der Waals surface area contributed by atoms with Gasteiger partial charge in [-0.15, -0.1) is 5.73 Å². The minimum Gasteiger partial charge on any atom is -0.481 e. The molecule has 4 nitrogen and oxygen atoms in total. The maximum Gasteiger partial charge on any atom is 0.303 e. The van der Waals surface area contributed by atoms with Gasteiger partial charge in [-0.25, -0.2) is 8.42 Å². The van der Waals surface area contributed by atoms with Gasteiger partial charge < -0.3 is 5.11 Å². The van der Waals surface area contributed by atoms with Crippen LogP contribution in [0.25, 0.3) is 0 Å². The van der Waals surface area contributed by atoms with Crippen LogP contribution in [0.3, 0.4) is 0 Å². The van der Waals surface area contributed by atoms with Gasteiger partial charge in [-0.1, -0.05) is 32.6 Å². The highest BCUT2D eigenvalue weighted by Gasteiger charge is 2.09. The van der Waals surface area contributed by atoms with Crippen molar-refractivity contribution in [3.05, 3.63) is 16.7 Å². The summed E-state index contributed by atoms with van der Waals surface area (Å²) in [6, 6.07) is 0. The quantitative estimate of drug-likeness (QED) is 0.435. The van der Waals surface area contributed by atoms with E-state index in [1.807, 2.05) is 13.0 Å². The first-order valence-electron chi connectivity index (χ1n) is 7.73. The van der Waals surface area contributed by atoms with Crippen LogP contribution in [0.15, 0.2) is 16.7 Å². The van der Waals surface area contributed by atoms with Gasteiger partial charge in [0.15, 0.2) is 9.84 Å². The molecule has 21 heavy (non-hydrogen) atoms. The summed E-state index contributed by atoms with van der Waals surface area (Å²) in [5.41, 5.74) is 2.94. The Labute approximate surface area is 128 Å². The first-order chi connectivity index (χ1) is 9.88. The largest absolute Gasteiger partial charge is 0.481 e. The van der Waals surface area contributed by atoms with Crippen LogP contribution in [-0.4, -0.2) is 25.7 Å². The van der Waals surface area contributed by atoms with Crippen molar-refractivity contribution in [1.29, 1.82) is 0 Å². The van der Waals surface area contributed by atoms with Crippen molar-refractivity contribution < 1.29 is 18.3 Å². The van der Waals surface area contributed by atoms with Gasteiger partial charge in [0, 0.05) is 12.7 Å². The molecule has 0 radical (unpaired) electrons. The standard InChI is InChI=1S/C16H28O4S/c1-3-4-12-15(21(2,19)20)13-10-8-6-5-7-9-11-14-16(17)18/h10H,3-9,11-12,14H2,1-2H3,(H,17,18). The molecule has 0 aliphatic carbocycles. The molecule has 0 unspecified atom stereocenters. The topological polar surface area (TPSA) is 71.4 Å². The van der Waals surface area contributed by atoms with E-state index in [-0.39, 0.29) is 6.42 Å². The maximum absolute atomic E-state index is 11.6. The van der Waals surface area contributed by atoms with E-state index in [2.05, 4.69) is 5.73 Å². The Morgan fingerprint density at radius 2 is 1.67 bits per heavy atom. The third-order valence-corrected chi connectivity index (χ3v) is 4.42. The third-order valence-electron chi connectivity index (χ3n) is 3.21. The van der Waals surface area contributed by atoms with Gasteiger partial charge in [0.05, 0.1) is 4.91 Å². The van der Waals surface area contributed by atoms with Crippen LogP contribution in [0, 0.1) is 0 Å². The summed E-state index contributed by atoms with van der Waals surface area (Å²) in [4.78, 5) is 10.7. The number of allylic oxidation sites excluding steroid dienone is 1. The zero-order valence-electron chi connectivity index (χ0n) is 13.2. The van der Waals surface area contributed by atoms with Crippen LogP contribution in [0.2, 0.25) is 0 Å². The van der Waals surface area contributed by atoms with Crippen molar-refractivity contribution in [2.75, 3.05) is 6.26 Å². The zero-order valence-corrected chi connectivity index (χ0v) is 14.0. The van der Waals surface area contributed by atoms with E-state index in [1.54, 1.807) is 0 Å². The smallest absolute Gasteiger partial charge is 0.303 e. The summed E-state index contributed by atoms with van der Waals surface area (Å²) in [6.07, 6.45) is 11.3. The monoisotopic (exact) mass is 316 g/mol. The molecule has 0 saturated carbocycles. The van der Waals surface area contributed by atoms with E-state index in [9.17, 15) is 13.2 Å². The fraction of sp³-hybridized carbons (Fsp3) is 0.750. The Morgan fingerprint density at radius 3 is 2.24 bits per heavy atom. The van der Waals surface area contributed by atoms with Crippen LogP contribution in [0.1, 0.15) is 71.1 Å². The fourth-order valence-electron chi connectivity index (χ4n) is 1.94. The summed E-state index contributed by atoms with van der Waals surface area (Å²) in [6.45, 7) is 2.04. The number of hydrogen-bond acceptors (Lipinski definition) is 3. The minimum atomic E-state index is -3.13. The second-order valence-corrected chi connectivity index (χ2v) is 7.38. The van der Waals surface area contributed by atoms with Crippen molar-refractivity contribution in [3.63, 3.8) is 0 Å². The van der Waals surface area contributed by atoms with E-state index in [4.69, 9.17) is 5.11 Å². The molecule has 0 heterocycles. The predicted octanol–water partition coefficient (Wildman–Crippen LogP) is 4.08. The van der Waals surface area contributed by atoms with Gasteiger partial charge >= 0.3 is 5.97 Å². The number of hydrogen-bond donors (Lipinski definition) is 1. The molecule has 0 rings (SSSR count). The van der Waals surface area contributed by atoms with Crippen LogP contribution < -0.4 is 0 Å². The van der Waals surface area contributed by atoms with Crippen LogP contribution in [0.4, 0.5) is 0 Å². The number of carboxylic acid groups (broad SMARTS) is 1. The van der Waals surface area contributed by atoms with E-state index < -0.39 is 15.8 Å². The van der Waals surface area contributed by atoms with Gasteiger partial charge in [0.25, 0.3) is 0 Å². The van der Waals surface area contributed by atoms with Crippen LogP contribution in [-0.2, 0) is 14.6 Å². The lowest BCUT2D eigenvalue weighted by Gasteiger charge is -2.00. The van der Waals surface area contributed by atoms with E-state index in [0.29, 0.717) is 11.3 Å². The Hall–Kier alpha value is -1.06. The first-order valence-corrected chi connectivity index (χ1v) is 9.63. The molecule has 0 aliphatic heterocycles. The molecular formula is C16H28O4S. The molecule has 0 amide bonds. The lowest BCUT2D eigenvalue weighted by Crippen LogP contribution is -1.99. The molecule has 0 aliphatic rings. The highest BCUT2D eigenvalue weighted by molar-refractivity contribution is 7.94. The second-order valence-electron chi connectivity index (χ2n) is 5.35. The predicted molar refractivity (Wildman–Crippen MR) is 85.9 cm³/mol. The normalized spacial score (nSPS) is 11.0. The Morgan fingerprint density at radius 1 is 1.05 bits per heavy atom. The van der Waals surface area contributed by atoms with Crippen molar-refractivity contribution in [2.45, 2.75) is 71.1 Å². The summed E-state index contributed by atoms with van der Waals surface area (Å²) in [5, 5.41) is 8.50. The molecule has 1 N–H and O–H groups in total. The Balaban J connectivity index is 3.99. The number of sulfone groups is 1. The summed E-state index contributed by atoms with van der Waals surface area (Å²) in [5.74, 6) is -0.733. The number of carboxylic acids is 1. The molecule has 0 aromatic rings. The van der Waals surface area contributed by atoms with Gasteiger partial charge in [0.1, 0.15) is 0 Å². The molecule has 0 bridgehead atoms. The fourth-order valence-corrected chi connectivity index (χ4v) is 2.75. The molecular weight excluding hydrogens is 288 g/mol. The molecule has 5 heteroatoms. The molecule has 0 atom stereocenters. The van der Waals surface area contributed by atoms with Gasteiger partial charge in [-0.3, -0.25) is 4.79 Å². The first kappa shape index (κ1) is 19.9. The maximum atomic E-state index is 11.6. The average molecular weight is 316 g/mol. The van der Waals surface area contributed by atoms with Gasteiger partial charge in [-0.05, 0) is 38.2 Å². The Bertz CT molecular complexity index is 457. The number of unbranched alkanes of at least 4 members (excludes halogenated alkanes) is 6. The molecule has 0 saturated heterocycles. The van der Waals surface area contributed by atoms with Crippen molar-refractivity contribution in [3.8, 4) is 0 Å². The average Bonchev–Trinajstić information content (AvgIpc) is 2.38. The van der Waals surface area contributed by atoms with Crippen LogP contribution in [0.5, 0.6) is 0 Å². The molecule has 0 aromatic heterocycles. The molecule has 0 spiro atoms. The van der Waals surface area contributed by atoms with Gasteiger partial charge in [0.2, 0.25) is 0 Å². The van der Waals surface area contributed by atoms with E-state index in [1.165, 1.54) is 6.26 Å². The van der Waals surface area contributed by atoms with Crippen molar-refractivity contribution >= 4 is 15.8 Å². The van der Waals surface area contributed by atoms with E-state index in [0.717, 1.165) is 51.4 Å². The third kappa shape index (κ3) is 12.4. The SMILES string of the molecule is CCCCC(=C=CCCCCCCCC(=O)O)S(C)(=O)=O. The van der Waals surface area contributed by atoms with Crippen molar-refractivity contribution in [2.24, 2.45) is 0 Å². The second kappa shape index (κ2) is 11.6. The van der Waals surface area contributed by atoms with Crippen molar-refractivity contribution in [1.82, 2.24) is 0 Å². The molecule has 0 fully saturated rings. The summed E-state index contributed by atoms with van der Waals surface area (Å²) in [7, 11) is -3.13. The minimum absolute atomic E-state index is 0.248. The summed E-state index contributed by atoms with van der Waals surface area (Å²) < 4.78 is 23.1. The Kier molecular flexibility index (Phi) is 11.0. The lowest BCUT2D eigenvalue weighted by atomic mass is 10.1. The van der Waals surface area contributed by atoms with E-state index >= 15 is 0 Å². The number of aliphatic carboxylic acids is 1. The molecule has 122 valence electrons. The van der Waals surface area contributed by atoms with Crippen LogP contribution >= 0.6 is 0 Å². The number of rotatable bonds is 12. The zero-order chi connectivity index (χ0) is 16.1. The van der Waals surface area contributed by atoms with Gasteiger partial charge in [-0.2, -0.15) is 0 Å². The number of carbonyl (C=O) groups is 1. The lowest BCUT2D eigenvalue weighted by molar-refractivity contribution is -0.137. The highest BCUT2D eigenvalue weighted by Crippen LogP contribution is 2.13.